The number of nitrogen functional groups attached to an aromatic ring is 1. The Morgan fingerprint density at radius 2 is 2.38 bits per heavy atom. The van der Waals surface area contributed by atoms with E-state index in [1.165, 1.54) is 11.8 Å². The molecular weight excluding hydrogens is 224 g/mol. The lowest BCUT2D eigenvalue weighted by molar-refractivity contribution is 0.905. The summed E-state index contributed by atoms with van der Waals surface area (Å²) >= 11 is 1.43. The molecule has 2 aromatic heterocycles. The molecule has 0 saturated carbocycles. The molecule has 0 amide bonds. The van der Waals surface area contributed by atoms with Crippen LogP contribution in [0.3, 0.4) is 0 Å². The summed E-state index contributed by atoms with van der Waals surface area (Å²) in [6.07, 6.45) is 5.02. The van der Waals surface area contributed by atoms with Crippen molar-refractivity contribution in [2.75, 3.05) is 6.26 Å². The van der Waals surface area contributed by atoms with Gasteiger partial charge < -0.3 is 5.73 Å². The SMILES string of the molecule is C=Cc1nc2c(SC)nc(C(=N)N)cn2n1. The average molecular weight is 234 g/mol. The van der Waals surface area contributed by atoms with E-state index in [0.717, 1.165) is 0 Å². The molecule has 2 heterocycles. The van der Waals surface area contributed by atoms with Gasteiger partial charge in [0.15, 0.2) is 11.5 Å². The fourth-order valence-electron chi connectivity index (χ4n) is 1.23. The molecule has 0 aliphatic carbocycles. The van der Waals surface area contributed by atoms with Gasteiger partial charge >= 0.3 is 0 Å². The molecule has 3 N–H and O–H groups in total. The summed E-state index contributed by atoms with van der Waals surface area (Å²) in [4.78, 5) is 8.46. The van der Waals surface area contributed by atoms with Crippen molar-refractivity contribution >= 4 is 29.3 Å². The number of amidine groups is 1. The number of nitrogens with zero attached hydrogens (tertiary/aromatic N) is 4. The molecule has 7 heteroatoms. The number of rotatable bonds is 3. The molecule has 0 bridgehead atoms. The van der Waals surface area contributed by atoms with E-state index in [0.29, 0.717) is 22.2 Å². The zero-order valence-electron chi connectivity index (χ0n) is 8.64. The predicted molar refractivity (Wildman–Crippen MR) is 63.7 cm³/mol. The molecule has 2 aromatic rings. The minimum Gasteiger partial charge on any atom is -0.382 e. The molecule has 6 nitrogen and oxygen atoms in total. The summed E-state index contributed by atoms with van der Waals surface area (Å²) in [6.45, 7) is 3.61. The quantitative estimate of drug-likeness (QED) is 0.465. The van der Waals surface area contributed by atoms with Gasteiger partial charge in [-0.25, -0.2) is 14.5 Å². The smallest absolute Gasteiger partial charge is 0.188 e. The molecule has 0 atom stereocenters. The number of hydrogen-bond donors (Lipinski definition) is 2. The molecule has 2 rings (SSSR count). The first-order valence-corrected chi connectivity index (χ1v) is 5.66. The minimum atomic E-state index is -0.0900. The topological polar surface area (TPSA) is 93.0 Å². The van der Waals surface area contributed by atoms with E-state index in [-0.39, 0.29) is 5.84 Å². The summed E-state index contributed by atoms with van der Waals surface area (Å²) < 4.78 is 1.56. The molecule has 0 radical (unpaired) electrons. The van der Waals surface area contributed by atoms with Gasteiger partial charge in [-0.3, -0.25) is 5.41 Å². The maximum absolute atomic E-state index is 7.36. The first-order valence-electron chi connectivity index (χ1n) is 4.44. The van der Waals surface area contributed by atoms with Crippen LogP contribution in [0, 0.1) is 5.41 Å². The van der Waals surface area contributed by atoms with Gasteiger partial charge in [0.2, 0.25) is 0 Å². The van der Waals surface area contributed by atoms with E-state index in [2.05, 4.69) is 21.6 Å². The summed E-state index contributed by atoms with van der Waals surface area (Å²) in [5.74, 6) is 0.436. The third kappa shape index (κ3) is 1.65. The maximum Gasteiger partial charge on any atom is 0.188 e. The third-order valence-corrected chi connectivity index (χ3v) is 2.62. The lowest BCUT2D eigenvalue weighted by atomic mass is 10.4. The van der Waals surface area contributed by atoms with Gasteiger partial charge in [-0.1, -0.05) is 6.58 Å². The van der Waals surface area contributed by atoms with E-state index in [9.17, 15) is 0 Å². The summed E-state index contributed by atoms with van der Waals surface area (Å²) in [5, 5.41) is 12.2. The van der Waals surface area contributed by atoms with E-state index < -0.39 is 0 Å². The molecule has 16 heavy (non-hydrogen) atoms. The Hall–Kier alpha value is -1.89. The van der Waals surface area contributed by atoms with Crippen molar-refractivity contribution in [3.63, 3.8) is 0 Å². The predicted octanol–water partition coefficient (Wildman–Crippen LogP) is 0.773. The lowest BCUT2D eigenvalue weighted by Gasteiger charge is -2.01. The Bertz CT molecular complexity index is 573. The zero-order chi connectivity index (χ0) is 11.7. The van der Waals surface area contributed by atoms with Crippen LogP contribution in [0.5, 0.6) is 0 Å². The van der Waals surface area contributed by atoms with Gasteiger partial charge in [0.05, 0.1) is 6.20 Å². The van der Waals surface area contributed by atoms with E-state index in [4.69, 9.17) is 11.1 Å². The van der Waals surface area contributed by atoms with Gasteiger partial charge in [-0.05, 0) is 12.3 Å². The van der Waals surface area contributed by atoms with Crippen LogP contribution in [0.15, 0.2) is 17.8 Å². The van der Waals surface area contributed by atoms with Crippen LogP contribution in [0.25, 0.3) is 11.7 Å². The first kappa shape index (κ1) is 10.6. The van der Waals surface area contributed by atoms with Crippen LogP contribution in [0.1, 0.15) is 11.5 Å². The Kier molecular flexibility index (Phi) is 2.61. The number of thioether (sulfide) groups is 1. The van der Waals surface area contributed by atoms with Crippen LogP contribution >= 0.6 is 11.8 Å². The van der Waals surface area contributed by atoms with Gasteiger partial charge in [0.25, 0.3) is 0 Å². The molecule has 0 spiro atoms. The largest absolute Gasteiger partial charge is 0.382 e. The lowest BCUT2D eigenvalue weighted by Crippen LogP contribution is -2.15. The number of nitrogens with two attached hydrogens (primary N) is 1. The van der Waals surface area contributed by atoms with Crippen molar-refractivity contribution in [2.24, 2.45) is 5.73 Å². The van der Waals surface area contributed by atoms with Gasteiger partial charge in [-0.2, -0.15) is 0 Å². The van der Waals surface area contributed by atoms with Crippen molar-refractivity contribution < 1.29 is 0 Å². The normalized spacial score (nSPS) is 10.6. The fraction of sp³-hybridized carbons (Fsp3) is 0.111. The van der Waals surface area contributed by atoms with Crippen LogP contribution < -0.4 is 5.73 Å². The monoisotopic (exact) mass is 234 g/mol. The molecule has 0 saturated heterocycles. The Balaban J connectivity index is 2.75. The Morgan fingerprint density at radius 3 is 2.94 bits per heavy atom. The molecule has 0 aromatic carbocycles. The first-order chi connectivity index (χ1) is 7.65. The molecular formula is C9H10N6S. The molecule has 0 aliphatic rings. The second-order valence-corrected chi connectivity index (χ2v) is 3.79. The maximum atomic E-state index is 7.36. The van der Waals surface area contributed by atoms with Crippen molar-refractivity contribution in [3.05, 3.63) is 24.3 Å². The van der Waals surface area contributed by atoms with Crippen LogP contribution in [-0.2, 0) is 0 Å². The highest BCUT2D eigenvalue weighted by atomic mass is 32.2. The van der Waals surface area contributed by atoms with Crippen LogP contribution in [0.4, 0.5) is 0 Å². The minimum absolute atomic E-state index is 0.0900. The highest BCUT2D eigenvalue weighted by molar-refractivity contribution is 7.98. The highest BCUT2D eigenvalue weighted by Gasteiger charge is 2.10. The van der Waals surface area contributed by atoms with Crippen molar-refractivity contribution in [1.29, 1.82) is 5.41 Å². The van der Waals surface area contributed by atoms with E-state index >= 15 is 0 Å². The molecule has 0 unspecified atom stereocenters. The Morgan fingerprint density at radius 1 is 1.62 bits per heavy atom. The van der Waals surface area contributed by atoms with Crippen molar-refractivity contribution in [1.82, 2.24) is 19.6 Å². The molecule has 0 fully saturated rings. The fourth-order valence-corrected chi connectivity index (χ4v) is 1.74. The summed E-state index contributed by atoms with van der Waals surface area (Å²) in [5.41, 5.74) is 6.43. The van der Waals surface area contributed by atoms with Crippen molar-refractivity contribution in [2.45, 2.75) is 5.03 Å². The van der Waals surface area contributed by atoms with Crippen molar-refractivity contribution in [3.8, 4) is 0 Å². The standard InChI is InChI=1S/C9H10N6S/c1-3-6-13-8-9(16-2)12-5(7(10)11)4-15(8)14-6/h3-4H,1H2,2H3,(H3,10,11). The van der Waals surface area contributed by atoms with E-state index in [1.807, 2.05) is 6.26 Å². The summed E-state index contributed by atoms with van der Waals surface area (Å²) in [6, 6.07) is 0. The second-order valence-electron chi connectivity index (χ2n) is 2.99. The van der Waals surface area contributed by atoms with Gasteiger partial charge in [-0.15, -0.1) is 16.9 Å². The Labute approximate surface area is 96.1 Å². The molecule has 82 valence electrons. The van der Waals surface area contributed by atoms with Crippen LogP contribution in [0.2, 0.25) is 0 Å². The average Bonchev–Trinajstić information content (AvgIpc) is 2.70. The summed E-state index contributed by atoms with van der Waals surface area (Å²) in [7, 11) is 0. The van der Waals surface area contributed by atoms with Gasteiger partial charge in [0.1, 0.15) is 16.6 Å². The molecule has 0 aliphatic heterocycles. The highest BCUT2D eigenvalue weighted by Crippen LogP contribution is 2.18. The number of aromatic nitrogens is 4. The van der Waals surface area contributed by atoms with Gasteiger partial charge in [0, 0.05) is 0 Å². The zero-order valence-corrected chi connectivity index (χ0v) is 9.45. The van der Waals surface area contributed by atoms with Crippen LogP contribution in [-0.4, -0.2) is 31.7 Å². The third-order valence-electron chi connectivity index (χ3n) is 1.96. The number of hydrogen-bond acceptors (Lipinski definition) is 5. The van der Waals surface area contributed by atoms with E-state index in [1.54, 1.807) is 16.8 Å². The number of fused-ring (bicyclic) bond motifs is 1. The number of nitrogens with one attached hydrogen (secondary N) is 1. The second kappa shape index (κ2) is 3.93.